The van der Waals surface area contributed by atoms with Crippen LogP contribution in [0, 0.1) is 0 Å². The van der Waals surface area contributed by atoms with Gasteiger partial charge in [0, 0.05) is 12.3 Å². The van der Waals surface area contributed by atoms with Crippen molar-refractivity contribution in [2.24, 2.45) is 0 Å². The van der Waals surface area contributed by atoms with E-state index in [4.69, 9.17) is 18.9 Å². The number of rotatable bonds is 14. The van der Waals surface area contributed by atoms with Gasteiger partial charge in [-0.3, -0.25) is 19.7 Å². The minimum Gasteiger partial charge on any atom is -0.497 e. The molecule has 4 atom stereocenters. The molecule has 1 fully saturated rings. The zero-order valence-electron chi connectivity index (χ0n) is 26.2. The van der Waals surface area contributed by atoms with E-state index in [9.17, 15) is 19.8 Å². The highest BCUT2D eigenvalue weighted by Gasteiger charge is 2.57. The van der Waals surface area contributed by atoms with Gasteiger partial charge in [0.2, 0.25) is 0 Å². The molecule has 4 N–H and O–H groups in total. The summed E-state index contributed by atoms with van der Waals surface area (Å²) in [7, 11) is 3.19. The van der Waals surface area contributed by atoms with Crippen molar-refractivity contribution in [2.45, 2.75) is 55.9 Å². The van der Waals surface area contributed by atoms with Crippen LogP contribution in [-0.4, -0.2) is 65.1 Å². The number of nitrogens with zero attached hydrogens (tertiary/aromatic N) is 1. The summed E-state index contributed by atoms with van der Waals surface area (Å²) in [5, 5.41) is 26.6. The molecule has 2 heterocycles. The summed E-state index contributed by atoms with van der Waals surface area (Å²) in [4.78, 5) is 26.9. The van der Waals surface area contributed by atoms with Gasteiger partial charge in [0.05, 0.1) is 20.8 Å². The number of benzene rings is 3. The molecule has 244 valence electrons. The van der Waals surface area contributed by atoms with Crippen LogP contribution < -0.4 is 26.0 Å². The minimum absolute atomic E-state index is 0.193. The molecule has 0 radical (unpaired) electrons. The third-order valence-corrected chi connectivity index (χ3v) is 8.41. The normalized spacial score (nSPS) is 21.3. The molecule has 11 nitrogen and oxygen atoms in total. The number of unbranched alkanes of at least 4 members (excludes halogenated alkanes) is 2. The molecule has 1 aliphatic rings. The van der Waals surface area contributed by atoms with Crippen LogP contribution in [0.1, 0.15) is 49.1 Å². The quantitative estimate of drug-likeness (QED) is 0.0936. The number of aliphatic hydroxyl groups is 2. The molecule has 5 rings (SSSR count). The first-order valence-corrected chi connectivity index (χ1v) is 15.4. The van der Waals surface area contributed by atoms with E-state index < -0.39 is 41.0 Å². The lowest BCUT2D eigenvalue weighted by molar-refractivity contribution is -0.132. The lowest BCUT2D eigenvalue weighted by atomic mass is 9.80. The topological polar surface area (TPSA) is 144 Å². The van der Waals surface area contributed by atoms with Gasteiger partial charge in [-0.25, -0.2) is 4.79 Å². The van der Waals surface area contributed by atoms with E-state index in [-0.39, 0.29) is 6.61 Å². The molecule has 11 heteroatoms. The van der Waals surface area contributed by atoms with Crippen LogP contribution >= 0.6 is 0 Å². The molecule has 1 saturated heterocycles. The van der Waals surface area contributed by atoms with Crippen molar-refractivity contribution in [1.82, 2.24) is 14.9 Å². The number of hydrogen-bond acceptors (Lipinski definition) is 9. The molecule has 1 aromatic heterocycles. The van der Waals surface area contributed by atoms with Gasteiger partial charge in [0.15, 0.2) is 12.0 Å². The summed E-state index contributed by atoms with van der Waals surface area (Å²) in [6.45, 7) is 2.23. The van der Waals surface area contributed by atoms with Crippen LogP contribution in [-0.2, 0) is 15.1 Å². The lowest BCUT2D eigenvalue weighted by Gasteiger charge is -2.37. The Bertz CT molecular complexity index is 1630. The van der Waals surface area contributed by atoms with E-state index in [0.29, 0.717) is 18.0 Å². The van der Waals surface area contributed by atoms with Gasteiger partial charge in [0.25, 0.3) is 5.56 Å². The predicted octanol–water partition coefficient (Wildman–Crippen LogP) is 3.29. The van der Waals surface area contributed by atoms with E-state index in [1.807, 2.05) is 78.9 Å². The maximum atomic E-state index is 12.8. The van der Waals surface area contributed by atoms with Gasteiger partial charge in [0.1, 0.15) is 29.3 Å². The van der Waals surface area contributed by atoms with Crippen molar-refractivity contribution in [3.05, 3.63) is 129 Å². The third-order valence-electron chi connectivity index (χ3n) is 8.41. The number of aliphatic hydroxyl groups excluding tert-OH is 1. The Morgan fingerprint density at radius 1 is 0.891 bits per heavy atom. The van der Waals surface area contributed by atoms with Crippen molar-refractivity contribution in [3.63, 3.8) is 0 Å². The summed E-state index contributed by atoms with van der Waals surface area (Å²) < 4.78 is 25.1. The summed E-state index contributed by atoms with van der Waals surface area (Å²) in [5.41, 5.74) is -2.29. The summed E-state index contributed by atoms with van der Waals surface area (Å²) in [6.07, 6.45) is -0.147. The van der Waals surface area contributed by atoms with Crippen LogP contribution in [0.5, 0.6) is 11.5 Å². The molecule has 4 aromatic rings. The Hall–Kier alpha value is -4.26. The van der Waals surface area contributed by atoms with Crippen molar-refractivity contribution in [1.29, 1.82) is 0 Å². The molecule has 3 aromatic carbocycles. The SMILES string of the molecule is CCCCCN[C@@]1(O)[C@H](O)[C@@H](COC(c2ccccc2)(c2ccc(OC)cc2)c2ccc(OC)cc2)O[C@H]1n1ccc(=O)[nH]c1=O. The van der Waals surface area contributed by atoms with E-state index in [1.54, 1.807) is 14.2 Å². The zero-order valence-corrected chi connectivity index (χ0v) is 26.2. The van der Waals surface area contributed by atoms with Gasteiger partial charge in [-0.1, -0.05) is 74.4 Å². The molecule has 0 amide bonds. The minimum atomic E-state index is -2.07. The van der Waals surface area contributed by atoms with Gasteiger partial charge in [-0.05, 0) is 53.9 Å². The van der Waals surface area contributed by atoms with Crippen LogP contribution in [0.25, 0.3) is 0 Å². The second kappa shape index (κ2) is 14.4. The first-order chi connectivity index (χ1) is 22.3. The fourth-order valence-corrected chi connectivity index (χ4v) is 5.93. The molecular weight excluding hydrogens is 590 g/mol. The number of aromatic amines is 1. The van der Waals surface area contributed by atoms with Crippen molar-refractivity contribution >= 4 is 0 Å². The molecule has 46 heavy (non-hydrogen) atoms. The maximum Gasteiger partial charge on any atom is 0.330 e. The Morgan fingerprint density at radius 2 is 1.48 bits per heavy atom. The Balaban J connectivity index is 1.57. The van der Waals surface area contributed by atoms with Gasteiger partial charge < -0.3 is 29.2 Å². The smallest absolute Gasteiger partial charge is 0.330 e. The molecular formula is C35H41N3O8. The molecule has 0 saturated carbocycles. The Labute approximate surface area is 267 Å². The van der Waals surface area contributed by atoms with E-state index >= 15 is 0 Å². The largest absolute Gasteiger partial charge is 0.497 e. The van der Waals surface area contributed by atoms with Crippen LogP contribution in [0.4, 0.5) is 0 Å². The Morgan fingerprint density at radius 3 is 2.02 bits per heavy atom. The first-order valence-electron chi connectivity index (χ1n) is 15.4. The highest BCUT2D eigenvalue weighted by Crippen LogP contribution is 2.43. The number of methoxy groups -OCH3 is 2. The summed E-state index contributed by atoms with van der Waals surface area (Å²) in [5.74, 6) is 1.34. The standard InChI is InChI=1S/C35H41N3O8/c1-4-5-9-21-36-35(42)31(40)29(46-32(35)38-22-20-30(39)37-33(38)41)23-45-34(24-10-7-6-8-11-24,25-12-16-27(43-2)17-13-25)26-14-18-28(44-3)19-15-26/h6-8,10-20,22,29,31-32,36,40,42H,4-5,9,21,23H2,1-3H3,(H,37,39,41)/t29-,31-,32-,35-/m1/s1. The van der Waals surface area contributed by atoms with Crippen LogP contribution in [0.3, 0.4) is 0 Å². The highest BCUT2D eigenvalue weighted by molar-refractivity contribution is 5.49. The lowest BCUT2D eigenvalue weighted by Crippen LogP contribution is -2.59. The predicted molar refractivity (Wildman–Crippen MR) is 172 cm³/mol. The number of aromatic nitrogens is 2. The Kier molecular flexibility index (Phi) is 10.4. The molecule has 1 aliphatic heterocycles. The average molecular weight is 632 g/mol. The van der Waals surface area contributed by atoms with Gasteiger partial charge in [-0.15, -0.1) is 0 Å². The van der Waals surface area contributed by atoms with Crippen molar-refractivity contribution in [3.8, 4) is 11.5 Å². The summed E-state index contributed by atoms with van der Waals surface area (Å²) >= 11 is 0. The monoisotopic (exact) mass is 631 g/mol. The molecule has 0 bridgehead atoms. The first kappa shape index (κ1) is 33.1. The van der Waals surface area contributed by atoms with E-state index in [2.05, 4.69) is 17.2 Å². The third kappa shape index (κ3) is 6.51. The van der Waals surface area contributed by atoms with E-state index in [1.165, 1.54) is 6.20 Å². The fourth-order valence-electron chi connectivity index (χ4n) is 5.93. The number of hydrogen-bond donors (Lipinski definition) is 4. The average Bonchev–Trinajstić information content (AvgIpc) is 3.33. The fraction of sp³-hybridized carbons (Fsp3) is 0.371. The zero-order chi connectivity index (χ0) is 32.7. The van der Waals surface area contributed by atoms with E-state index in [0.717, 1.165) is 46.6 Å². The van der Waals surface area contributed by atoms with Crippen LogP contribution in [0.2, 0.25) is 0 Å². The van der Waals surface area contributed by atoms with Gasteiger partial charge in [-0.2, -0.15) is 0 Å². The maximum absolute atomic E-state index is 12.8. The second-order valence-corrected chi connectivity index (χ2v) is 11.3. The number of H-pyrrole nitrogens is 1. The molecule has 0 unspecified atom stereocenters. The molecule has 0 aliphatic carbocycles. The van der Waals surface area contributed by atoms with Crippen molar-refractivity contribution in [2.75, 3.05) is 27.4 Å². The summed E-state index contributed by atoms with van der Waals surface area (Å²) in [6, 6.07) is 25.8. The second-order valence-electron chi connectivity index (χ2n) is 11.3. The van der Waals surface area contributed by atoms with Crippen molar-refractivity contribution < 1.29 is 29.2 Å². The van der Waals surface area contributed by atoms with Gasteiger partial charge >= 0.3 is 5.69 Å². The number of ether oxygens (including phenoxy) is 4. The van der Waals surface area contributed by atoms with Crippen LogP contribution in [0.15, 0.2) is 101 Å². The molecule has 0 spiro atoms. The number of nitrogens with one attached hydrogen (secondary N) is 2. The highest BCUT2D eigenvalue weighted by atomic mass is 16.6.